The highest BCUT2D eigenvalue weighted by atomic mass is 19.1. The Balaban J connectivity index is 1.63. The van der Waals surface area contributed by atoms with Crippen LogP contribution in [0.25, 0.3) is 11.3 Å². The normalized spacial score (nSPS) is 24.3. The van der Waals surface area contributed by atoms with Gasteiger partial charge in [-0.1, -0.05) is 13.0 Å². The third kappa shape index (κ3) is 4.66. The summed E-state index contributed by atoms with van der Waals surface area (Å²) in [6, 6.07) is 7.89. The number of aliphatic hydroxyl groups is 2. The van der Waals surface area contributed by atoms with Gasteiger partial charge in [-0.3, -0.25) is 9.78 Å². The minimum absolute atomic E-state index is 0.0562. The van der Waals surface area contributed by atoms with E-state index in [2.05, 4.69) is 9.97 Å². The molecule has 1 saturated carbocycles. The number of benzene rings is 1. The summed E-state index contributed by atoms with van der Waals surface area (Å²) >= 11 is 0. The molecule has 184 valence electrons. The van der Waals surface area contributed by atoms with Gasteiger partial charge in [-0.05, 0) is 66.1 Å². The summed E-state index contributed by atoms with van der Waals surface area (Å²) in [6.45, 7) is 0.632. The molecule has 1 aromatic carbocycles. The fraction of sp³-hybridized carbons (Fsp3) is 0.346. The minimum atomic E-state index is -1.81. The van der Waals surface area contributed by atoms with Gasteiger partial charge < -0.3 is 15.9 Å². The molecule has 0 bridgehead atoms. The Morgan fingerprint density at radius 3 is 2.54 bits per heavy atom. The molecule has 0 aliphatic heterocycles. The van der Waals surface area contributed by atoms with Crippen molar-refractivity contribution in [2.45, 2.75) is 43.8 Å². The number of ketones is 1. The second-order valence-electron chi connectivity index (χ2n) is 9.12. The van der Waals surface area contributed by atoms with E-state index in [4.69, 9.17) is 5.73 Å². The fourth-order valence-corrected chi connectivity index (χ4v) is 4.82. The molecule has 2 heterocycles. The molecule has 35 heavy (non-hydrogen) atoms. The maximum absolute atomic E-state index is 14.3. The van der Waals surface area contributed by atoms with Crippen LogP contribution in [0.2, 0.25) is 0 Å². The lowest BCUT2D eigenvalue weighted by atomic mass is 9.68. The number of carbonyl (C=O) groups is 1. The first kappa shape index (κ1) is 24.8. The Bertz CT molecular complexity index is 1220. The minimum Gasteiger partial charge on any atom is -0.397 e. The third-order valence-corrected chi connectivity index (χ3v) is 6.93. The highest BCUT2D eigenvalue weighted by Crippen LogP contribution is 2.43. The van der Waals surface area contributed by atoms with Crippen LogP contribution < -0.4 is 5.73 Å². The van der Waals surface area contributed by atoms with Gasteiger partial charge in [0.1, 0.15) is 29.6 Å². The maximum atomic E-state index is 14.3. The number of Topliss-reactive ketones (excluding diaryl/α,β-unsaturated/α-hetero) is 1. The summed E-state index contributed by atoms with van der Waals surface area (Å²) in [5.41, 5.74) is 5.02. The molecule has 1 aliphatic carbocycles. The zero-order valence-electron chi connectivity index (χ0n) is 19.1. The Hall–Kier alpha value is -3.30. The van der Waals surface area contributed by atoms with E-state index in [0.717, 1.165) is 17.7 Å². The molecule has 4 N–H and O–H groups in total. The highest BCUT2D eigenvalue weighted by molar-refractivity contribution is 6.00. The first-order valence-electron chi connectivity index (χ1n) is 11.3. The lowest BCUT2D eigenvalue weighted by Crippen LogP contribution is -2.54. The summed E-state index contributed by atoms with van der Waals surface area (Å²) in [6.07, 6.45) is 2.21. The summed E-state index contributed by atoms with van der Waals surface area (Å²) in [7, 11) is 0. The quantitative estimate of drug-likeness (QED) is 0.456. The molecular formula is C26H26F3N3O3. The van der Waals surface area contributed by atoms with Crippen molar-refractivity contribution in [3.63, 3.8) is 0 Å². The second-order valence-corrected chi connectivity index (χ2v) is 9.12. The van der Waals surface area contributed by atoms with Crippen LogP contribution in [-0.2, 0) is 6.42 Å². The van der Waals surface area contributed by atoms with Crippen LogP contribution in [0.1, 0.15) is 47.3 Å². The average molecular weight is 486 g/mol. The number of nitrogens with zero attached hydrogens (tertiary/aromatic N) is 2. The SMILES string of the molecule is C[C@H]1C[C@@H](c2ccncc2CC(=O)c2nc(-c3c(F)cccc3F)ccc2N)C[C@@H](O)[C@@]1(O)CF. The lowest BCUT2D eigenvalue weighted by Gasteiger charge is -2.44. The van der Waals surface area contributed by atoms with Crippen molar-refractivity contribution < 1.29 is 28.2 Å². The number of hydrogen-bond acceptors (Lipinski definition) is 6. The molecule has 4 rings (SSSR count). The molecule has 0 radical (unpaired) electrons. The molecule has 1 fully saturated rings. The van der Waals surface area contributed by atoms with E-state index in [0.29, 0.717) is 12.0 Å². The molecule has 0 spiro atoms. The topological polar surface area (TPSA) is 109 Å². The van der Waals surface area contributed by atoms with Crippen LogP contribution >= 0.6 is 0 Å². The van der Waals surface area contributed by atoms with Crippen LogP contribution in [0.4, 0.5) is 18.9 Å². The first-order valence-corrected chi connectivity index (χ1v) is 11.3. The van der Waals surface area contributed by atoms with E-state index >= 15 is 0 Å². The molecule has 0 saturated heterocycles. The van der Waals surface area contributed by atoms with Crippen molar-refractivity contribution in [1.82, 2.24) is 9.97 Å². The van der Waals surface area contributed by atoms with E-state index in [-0.39, 0.29) is 41.4 Å². The second kappa shape index (κ2) is 9.75. The number of aromatic nitrogens is 2. The van der Waals surface area contributed by atoms with Crippen molar-refractivity contribution >= 4 is 11.5 Å². The molecule has 0 amide bonds. The Kier molecular flexibility index (Phi) is 6.91. The van der Waals surface area contributed by atoms with E-state index in [1.165, 1.54) is 24.4 Å². The number of pyridine rings is 2. The number of hydrogen-bond donors (Lipinski definition) is 3. The largest absolute Gasteiger partial charge is 0.397 e. The van der Waals surface area contributed by atoms with Crippen molar-refractivity contribution in [3.8, 4) is 11.3 Å². The lowest BCUT2D eigenvalue weighted by molar-refractivity contribution is -0.146. The Morgan fingerprint density at radius 2 is 1.89 bits per heavy atom. The van der Waals surface area contributed by atoms with Gasteiger partial charge in [0.15, 0.2) is 5.78 Å². The van der Waals surface area contributed by atoms with Crippen LogP contribution in [0.3, 0.4) is 0 Å². The van der Waals surface area contributed by atoms with Gasteiger partial charge in [0.25, 0.3) is 0 Å². The van der Waals surface area contributed by atoms with Crippen LogP contribution in [0, 0.1) is 17.6 Å². The molecule has 4 atom stereocenters. The number of anilines is 1. The van der Waals surface area contributed by atoms with Gasteiger partial charge in [-0.15, -0.1) is 0 Å². The third-order valence-electron chi connectivity index (χ3n) is 6.93. The maximum Gasteiger partial charge on any atom is 0.187 e. The van der Waals surface area contributed by atoms with Crippen molar-refractivity contribution in [2.24, 2.45) is 5.92 Å². The van der Waals surface area contributed by atoms with Gasteiger partial charge >= 0.3 is 0 Å². The smallest absolute Gasteiger partial charge is 0.187 e. The number of aliphatic hydroxyl groups excluding tert-OH is 1. The van der Waals surface area contributed by atoms with Crippen molar-refractivity contribution in [2.75, 3.05) is 12.4 Å². The number of rotatable bonds is 6. The molecule has 9 heteroatoms. The van der Waals surface area contributed by atoms with Gasteiger partial charge in [-0.25, -0.2) is 18.2 Å². The van der Waals surface area contributed by atoms with Gasteiger partial charge in [-0.2, -0.15) is 0 Å². The number of halogens is 3. The molecule has 3 aromatic rings. The number of carbonyl (C=O) groups excluding carboxylic acids is 1. The molecular weight excluding hydrogens is 459 g/mol. The summed E-state index contributed by atoms with van der Waals surface area (Å²) < 4.78 is 42.0. The van der Waals surface area contributed by atoms with Crippen LogP contribution in [0.5, 0.6) is 0 Å². The average Bonchev–Trinajstić information content (AvgIpc) is 2.83. The number of nitrogen functional groups attached to an aromatic ring is 1. The zero-order chi connectivity index (χ0) is 25.3. The van der Waals surface area contributed by atoms with E-state index in [9.17, 15) is 28.2 Å². The fourth-order valence-electron chi connectivity index (χ4n) is 4.82. The molecule has 2 aromatic heterocycles. The van der Waals surface area contributed by atoms with Gasteiger partial charge in [0.2, 0.25) is 0 Å². The molecule has 0 unspecified atom stereocenters. The summed E-state index contributed by atoms with van der Waals surface area (Å²) in [4.78, 5) is 21.5. The van der Waals surface area contributed by atoms with Gasteiger partial charge in [0.05, 0.1) is 23.0 Å². The standard InChI is InChI=1S/C26H26F3N3O3/c1-14-9-15(11-23(34)26(14,35)13-27)17-7-8-31-12-16(17)10-22(33)25-20(30)5-6-21(32-25)24-18(28)3-2-4-19(24)29/h2-8,12,14-15,23,34-35H,9-11,13,30H2,1H3/t14-,15+,23+,26+/m0/s1. The van der Waals surface area contributed by atoms with Crippen molar-refractivity contribution in [3.05, 3.63) is 77.2 Å². The Morgan fingerprint density at radius 1 is 1.17 bits per heavy atom. The predicted octanol–water partition coefficient (Wildman–Crippen LogP) is 4.00. The summed E-state index contributed by atoms with van der Waals surface area (Å²) in [5.74, 6) is -2.84. The van der Waals surface area contributed by atoms with Crippen molar-refractivity contribution in [1.29, 1.82) is 0 Å². The molecule has 6 nitrogen and oxygen atoms in total. The van der Waals surface area contributed by atoms with E-state index < -0.39 is 41.7 Å². The van der Waals surface area contributed by atoms with E-state index in [1.807, 2.05) is 0 Å². The van der Waals surface area contributed by atoms with Crippen LogP contribution in [-0.4, -0.2) is 44.3 Å². The first-order chi connectivity index (χ1) is 16.7. The monoisotopic (exact) mass is 485 g/mol. The number of alkyl halides is 1. The predicted molar refractivity (Wildman–Crippen MR) is 124 cm³/mol. The highest BCUT2D eigenvalue weighted by Gasteiger charge is 2.47. The molecule has 1 aliphatic rings. The van der Waals surface area contributed by atoms with E-state index in [1.54, 1.807) is 19.2 Å². The summed E-state index contributed by atoms with van der Waals surface area (Å²) in [5, 5.41) is 20.9. The zero-order valence-corrected chi connectivity index (χ0v) is 19.1. The van der Waals surface area contributed by atoms with Crippen LogP contribution in [0.15, 0.2) is 48.8 Å². The Labute approximate surface area is 200 Å². The number of nitrogens with two attached hydrogens (primary N) is 1. The van der Waals surface area contributed by atoms with Gasteiger partial charge in [0, 0.05) is 18.8 Å².